The molecule has 3 heterocycles. The first-order valence-corrected chi connectivity index (χ1v) is 10.6. The van der Waals surface area contributed by atoms with Gasteiger partial charge in [0.25, 0.3) is 0 Å². The first kappa shape index (κ1) is 20.0. The molecule has 0 aliphatic carbocycles. The standard InChI is InChI=1S/C24H22ClFN4O/c1-15-3-4-16-11-27-23(10-20(16)24(15)19-6-5-18(25)9-21(19)26)30-7-8-31-22(14-30)17-12-28-29(2)13-17/h3-6,9-13,22H,7-8,14H2,1-2H3/t22-/m1/s1. The van der Waals surface area contributed by atoms with Crippen LogP contribution in [0.3, 0.4) is 0 Å². The lowest BCUT2D eigenvalue weighted by Gasteiger charge is -2.33. The van der Waals surface area contributed by atoms with E-state index in [4.69, 9.17) is 21.3 Å². The van der Waals surface area contributed by atoms with Crippen LogP contribution in [0.1, 0.15) is 17.2 Å². The van der Waals surface area contributed by atoms with Crippen LogP contribution in [0.25, 0.3) is 21.9 Å². The largest absolute Gasteiger partial charge is 0.370 e. The summed E-state index contributed by atoms with van der Waals surface area (Å²) in [6.45, 7) is 4.02. The number of ether oxygens (including phenoxy) is 1. The summed E-state index contributed by atoms with van der Waals surface area (Å²) in [5.74, 6) is 0.524. The normalized spacial score (nSPS) is 16.8. The number of aryl methyl sites for hydroxylation is 2. The van der Waals surface area contributed by atoms with Gasteiger partial charge in [0, 0.05) is 54.1 Å². The highest BCUT2D eigenvalue weighted by molar-refractivity contribution is 6.30. The molecular formula is C24H22ClFN4O. The lowest BCUT2D eigenvalue weighted by atomic mass is 9.94. The number of hydrogen-bond acceptors (Lipinski definition) is 4. The Kier molecular flexibility index (Phi) is 5.12. The van der Waals surface area contributed by atoms with E-state index in [0.29, 0.717) is 23.7 Å². The fraction of sp³-hybridized carbons (Fsp3) is 0.250. The average Bonchev–Trinajstić information content (AvgIpc) is 3.21. The van der Waals surface area contributed by atoms with E-state index in [2.05, 4.69) is 16.1 Å². The zero-order valence-corrected chi connectivity index (χ0v) is 18.1. The summed E-state index contributed by atoms with van der Waals surface area (Å²) < 4.78 is 22.6. The van der Waals surface area contributed by atoms with Crippen molar-refractivity contribution >= 4 is 28.2 Å². The van der Waals surface area contributed by atoms with Gasteiger partial charge >= 0.3 is 0 Å². The molecule has 0 N–H and O–H groups in total. The molecule has 5 rings (SSSR count). The highest BCUT2D eigenvalue weighted by Crippen LogP contribution is 2.36. The molecule has 0 amide bonds. The van der Waals surface area contributed by atoms with Crippen LogP contribution in [0.5, 0.6) is 0 Å². The minimum Gasteiger partial charge on any atom is -0.370 e. The molecule has 4 aromatic rings. The van der Waals surface area contributed by atoms with Gasteiger partial charge in [-0.3, -0.25) is 4.68 Å². The third-order valence-electron chi connectivity index (χ3n) is 5.78. The van der Waals surface area contributed by atoms with Gasteiger partial charge in [-0.2, -0.15) is 5.10 Å². The van der Waals surface area contributed by atoms with E-state index in [1.807, 2.05) is 44.7 Å². The molecule has 1 fully saturated rings. The Labute approximate surface area is 185 Å². The number of nitrogens with zero attached hydrogens (tertiary/aromatic N) is 4. The van der Waals surface area contributed by atoms with Crippen LogP contribution >= 0.6 is 11.6 Å². The molecule has 1 saturated heterocycles. The zero-order valence-electron chi connectivity index (χ0n) is 17.3. The molecule has 31 heavy (non-hydrogen) atoms. The van der Waals surface area contributed by atoms with Crippen molar-refractivity contribution in [2.75, 3.05) is 24.6 Å². The maximum absolute atomic E-state index is 14.8. The van der Waals surface area contributed by atoms with Crippen molar-refractivity contribution in [3.05, 3.63) is 77.0 Å². The Balaban J connectivity index is 1.56. The molecule has 0 radical (unpaired) electrons. The molecule has 0 bridgehead atoms. The van der Waals surface area contributed by atoms with Crippen molar-refractivity contribution in [3.63, 3.8) is 0 Å². The summed E-state index contributed by atoms with van der Waals surface area (Å²) >= 11 is 5.98. The van der Waals surface area contributed by atoms with Gasteiger partial charge in [-0.1, -0.05) is 23.7 Å². The van der Waals surface area contributed by atoms with E-state index in [9.17, 15) is 4.39 Å². The van der Waals surface area contributed by atoms with Gasteiger partial charge in [0.1, 0.15) is 17.7 Å². The minimum absolute atomic E-state index is 0.0642. The van der Waals surface area contributed by atoms with Gasteiger partial charge in [-0.15, -0.1) is 0 Å². The lowest BCUT2D eigenvalue weighted by molar-refractivity contribution is 0.0395. The summed E-state index contributed by atoms with van der Waals surface area (Å²) in [4.78, 5) is 6.91. The Morgan fingerprint density at radius 1 is 1.16 bits per heavy atom. The van der Waals surface area contributed by atoms with Crippen molar-refractivity contribution in [1.29, 1.82) is 0 Å². The number of halogens is 2. The van der Waals surface area contributed by atoms with Gasteiger partial charge in [0.05, 0.1) is 12.8 Å². The van der Waals surface area contributed by atoms with Crippen LogP contribution in [-0.2, 0) is 11.8 Å². The molecule has 1 atom stereocenters. The van der Waals surface area contributed by atoms with E-state index >= 15 is 0 Å². The molecule has 1 aliphatic heterocycles. The molecule has 7 heteroatoms. The number of anilines is 1. The minimum atomic E-state index is -0.329. The third-order valence-corrected chi connectivity index (χ3v) is 6.02. The maximum atomic E-state index is 14.8. The smallest absolute Gasteiger partial charge is 0.132 e. The Hall–Kier alpha value is -2.96. The molecule has 2 aromatic carbocycles. The Morgan fingerprint density at radius 2 is 2.03 bits per heavy atom. The van der Waals surface area contributed by atoms with E-state index < -0.39 is 0 Å². The number of aromatic nitrogens is 3. The van der Waals surface area contributed by atoms with E-state index in [-0.39, 0.29) is 11.9 Å². The second kappa shape index (κ2) is 7.94. The number of pyridine rings is 1. The number of rotatable bonds is 3. The van der Waals surface area contributed by atoms with Crippen LogP contribution in [-0.4, -0.2) is 34.5 Å². The SMILES string of the molecule is Cc1ccc2cnc(N3CCO[C@@H](c4cnn(C)c4)C3)cc2c1-c1ccc(Cl)cc1F. The molecule has 0 spiro atoms. The Morgan fingerprint density at radius 3 is 2.81 bits per heavy atom. The lowest BCUT2D eigenvalue weighted by Crippen LogP contribution is -2.38. The van der Waals surface area contributed by atoms with Crippen molar-refractivity contribution in [2.45, 2.75) is 13.0 Å². The zero-order chi connectivity index (χ0) is 21.5. The fourth-order valence-corrected chi connectivity index (χ4v) is 4.36. The third kappa shape index (κ3) is 3.77. The highest BCUT2D eigenvalue weighted by Gasteiger charge is 2.24. The van der Waals surface area contributed by atoms with Crippen LogP contribution in [0, 0.1) is 12.7 Å². The van der Waals surface area contributed by atoms with Crippen molar-refractivity contribution < 1.29 is 9.13 Å². The van der Waals surface area contributed by atoms with E-state index in [0.717, 1.165) is 39.8 Å². The van der Waals surface area contributed by atoms with Crippen molar-refractivity contribution in [1.82, 2.24) is 14.8 Å². The van der Waals surface area contributed by atoms with Crippen molar-refractivity contribution in [3.8, 4) is 11.1 Å². The number of benzene rings is 2. The van der Waals surface area contributed by atoms with E-state index in [1.54, 1.807) is 16.8 Å². The molecule has 2 aromatic heterocycles. The number of hydrogen-bond donors (Lipinski definition) is 0. The maximum Gasteiger partial charge on any atom is 0.132 e. The van der Waals surface area contributed by atoms with Crippen LogP contribution in [0.15, 0.2) is 55.0 Å². The topological polar surface area (TPSA) is 43.2 Å². The molecule has 1 aliphatic rings. The van der Waals surface area contributed by atoms with Crippen molar-refractivity contribution in [2.24, 2.45) is 7.05 Å². The Bertz CT molecular complexity index is 1270. The van der Waals surface area contributed by atoms with Gasteiger partial charge < -0.3 is 9.64 Å². The second-order valence-corrected chi connectivity index (χ2v) is 8.33. The van der Waals surface area contributed by atoms with Crippen LogP contribution in [0.2, 0.25) is 5.02 Å². The first-order chi connectivity index (χ1) is 15.0. The van der Waals surface area contributed by atoms with Gasteiger partial charge in [0.15, 0.2) is 0 Å². The predicted molar refractivity (Wildman–Crippen MR) is 121 cm³/mol. The second-order valence-electron chi connectivity index (χ2n) is 7.90. The predicted octanol–water partition coefficient (Wildman–Crippen LogP) is 5.31. The fourth-order valence-electron chi connectivity index (χ4n) is 4.20. The van der Waals surface area contributed by atoms with Gasteiger partial charge in [-0.05, 0) is 47.7 Å². The van der Waals surface area contributed by atoms with Gasteiger partial charge in [-0.25, -0.2) is 9.37 Å². The van der Waals surface area contributed by atoms with Gasteiger partial charge in [0.2, 0.25) is 0 Å². The summed E-state index contributed by atoms with van der Waals surface area (Å²) in [7, 11) is 1.90. The first-order valence-electron chi connectivity index (χ1n) is 10.2. The monoisotopic (exact) mass is 436 g/mol. The molecule has 5 nitrogen and oxygen atoms in total. The van der Waals surface area contributed by atoms with Crippen LogP contribution < -0.4 is 4.90 Å². The molecule has 158 valence electrons. The highest BCUT2D eigenvalue weighted by atomic mass is 35.5. The quantitative estimate of drug-likeness (QED) is 0.436. The van der Waals surface area contributed by atoms with Crippen LogP contribution in [0.4, 0.5) is 10.2 Å². The summed E-state index contributed by atoms with van der Waals surface area (Å²) in [5.41, 5.74) is 3.46. The van der Waals surface area contributed by atoms with E-state index in [1.165, 1.54) is 6.07 Å². The molecule has 0 unspecified atom stereocenters. The summed E-state index contributed by atoms with van der Waals surface area (Å²) in [5, 5.41) is 6.58. The molecule has 0 saturated carbocycles. The number of morpholine rings is 1. The average molecular weight is 437 g/mol. The summed E-state index contributed by atoms with van der Waals surface area (Å²) in [6.07, 6.45) is 5.61. The number of fused-ring (bicyclic) bond motifs is 1. The summed E-state index contributed by atoms with van der Waals surface area (Å²) in [6, 6.07) is 10.9. The molecular weight excluding hydrogens is 415 g/mol.